The number of nitrogens with one attached hydrogen (secondary N) is 1. The maximum absolute atomic E-state index is 11.1. The molecule has 1 aromatic carbocycles. The molecule has 0 spiro atoms. The first-order valence-corrected chi connectivity index (χ1v) is 11.7. The second-order valence-electron chi connectivity index (χ2n) is 8.75. The third-order valence-corrected chi connectivity index (χ3v) is 7.90. The van der Waals surface area contributed by atoms with Gasteiger partial charge in [0.2, 0.25) is 5.88 Å². The number of aromatic amines is 1. The lowest BCUT2D eigenvalue weighted by Crippen LogP contribution is -2.28. The Morgan fingerprint density at radius 3 is 2.61 bits per heavy atom. The second-order valence-corrected chi connectivity index (χ2v) is 10.0. The number of hydrogen-bond acceptors (Lipinski definition) is 2. The molecule has 6 rings (SSSR count). The van der Waals surface area contributed by atoms with Gasteiger partial charge in [0.25, 0.3) is 0 Å². The van der Waals surface area contributed by atoms with Crippen LogP contribution in [-0.4, -0.2) is 19.2 Å². The number of nitrogens with zero attached hydrogens (tertiary/aromatic N) is 2. The van der Waals surface area contributed by atoms with E-state index in [1.54, 1.807) is 0 Å². The number of benzene rings is 1. The highest BCUT2D eigenvalue weighted by Gasteiger charge is 2.40. The number of aromatic nitrogens is 3. The van der Waals surface area contributed by atoms with Crippen molar-refractivity contribution in [2.45, 2.75) is 63.5 Å². The van der Waals surface area contributed by atoms with Crippen LogP contribution in [0.2, 0.25) is 0 Å². The van der Waals surface area contributed by atoms with Crippen molar-refractivity contribution >= 4 is 39.1 Å². The van der Waals surface area contributed by atoms with Gasteiger partial charge in [0, 0.05) is 33.5 Å². The molecule has 3 aliphatic rings. The number of halogens is 1. The van der Waals surface area contributed by atoms with Crippen molar-refractivity contribution in [3.05, 3.63) is 44.4 Å². The van der Waals surface area contributed by atoms with Gasteiger partial charge in [-0.25, -0.2) is 0 Å². The third kappa shape index (κ3) is 2.43. The average Bonchev–Trinajstić information content (AvgIpc) is 3.43. The Morgan fingerprint density at radius 1 is 1.07 bits per heavy atom. The van der Waals surface area contributed by atoms with Gasteiger partial charge < -0.3 is 14.7 Å². The van der Waals surface area contributed by atoms with E-state index in [2.05, 4.69) is 43.7 Å². The molecule has 6 heteroatoms. The Morgan fingerprint density at radius 2 is 1.86 bits per heavy atom. The zero-order chi connectivity index (χ0) is 19.0. The van der Waals surface area contributed by atoms with Crippen LogP contribution < -0.4 is 0 Å². The van der Waals surface area contributed by atoms with Gasteiger partial charge in [-0.3, -0.25) is 4.57 Å². The van der Waals surface area contributed by atoms with Gasteiger partial charge in [-0.15, -0.1) is 0 Å². The van der Waals surface area contributed by atoms with Crippen LogP contribution in [0.1, 0.15) is 74.0 Å². The van der Waals surface area contributed by atoms with Crippen molar-refractivity contribution in [3.63, 3.8) is 0 Å². The lowest BCUT2D eigenvalue weighted by molar-refractivity contribution is 0.265. The molecule has 0 saturated heterocycles. The molecule has 2 fully saturated rings. The quantitative estimate of drug-likeness (QED) is 0.438. The maximum atomic E-state index is 11.1. The summed E-state index contributed by atoms with van der Waals surface area (Å²) in [4.78, 5) is 3.75. The molecule has 146 valence electrons. The Labute approximate surface area is 177 Å². The fraction of sp³-hybridized carbons (Fsp3) is 0.500. The molecule has 0 radical (unpaired) electrons. The van der Waals surface area contributed by atoms with E-state index in [0.717, 1.165) is 34.2 Å². The standard InChI is InChI=1S/C22H24BrN3OS/c23-13-6-9-17-15(10-13)16-11-18-21(27)25(14-7-8-14)22(28)26(18)20(19(16)24-17)12-4-2-1-3-5-12/h6,9-10,12,14,20,24,27H,1-5,7-8,11H2. The summed E-state index contributed by atoms with van der Waals surface area (Å²) in [6.45, 7) is 0. The molecule has 28 heavy (non-hydrogen) atoms. The molecule has 4 nitrogen and oxygen atoms in total. The van der Waals surface area contributed by atoms with Crippen molar-refractivity contribution < 1.29 is 5.11 Å². The van der Waals surface area contributed by atoms with Crippen molar-refractivity contribution in [3.8, 4) is 5.88 Å². The van der Waals surface area contributed by atoms with E-state index >= 15 is 0 Å². The van der Waals surface area contributed by atoms with Crippen LogP contribution in [0.5, 0.6) is 5.88 Å². The summed E-state index contributed by atoms with van der Waals surface area (Å²) in [5.41, 5.74) is 4.85. The lowest BCUT2D eigenvalue weighted by atomic mass is 9.80. The van der Waals surface area contributed by atoms with Crippen LogP contribution in [0.25, 0.3) is 10.9 Å². The van der Waals surface area contributed by atoms with Gasteiger partial charge in [0.15, 0.2) is 4.77 Å². The first-order valence-electron chi connectivity index (χ1n) is 10.5. The summed E-state index contributed by atoms with van der Waals surface area (Å²) in [5, 5.41) is 12.4. The van der Waals surface area contributed by atoms with Crippen LogP contribution in [-0.2, 0) is 6.42 Å². The van der Waals surface area contributed by atoms with Crippen molar-refractivity contribution in [2.24, 2.45) is 5.92 Å². The SMILES string of the molecule is Oc1c2n(c(=S)n1C1CC1)C(C1CCCCC1)c1[nH]c3ccc(Br)cc3c1C2. The molecule has 2 saturated carbocycles. The molecule has 2 aromatic heterocycles. The zero-order valence-electron chi connectivity index (χ0n) is 15.7. The number of hydrogen-bond donors (Lipinski definition) is 2. The Kier molecular flexibility index (Phi) is 3.86. The molecule has 1 aliphatic heterocycles. The van der Waals surface area contributed by atoms with Gasteiger partial charge in [-0.1, -0.05) is 35.2 Å². The van der Waals surface area contributed by atoms with Gasteiger partial charge in [0.05, 0.1) is 11.7 Å². The van der Waals surface area contributed by atoms with E-state index in [4.69, 9.17) is 12.2 Å². The number of aromatic hydroxyl groups is 1. The Bertz CT molecular complexity index is 1150. The fourth-order valence-corrected chi connectivity index (χ4v) is 6.38. The Hall–Kier alpha value is -1.53. The summed E-state index contributed by atoms with van der Waals surface area (Å²) in [6.07, 6.45) is 9.38. The minimum Gasteiger partial charge on any atom is -0.493 e. The summed E-state index contributed by atoms with van der Waals surface area (Å²) < 4.78 is 6.25. The smallest absolute Gasteiger partial charge is 0.214 e. The minimum atomic E-state index is 0.212. The molecule has 2 N–H and O–H groups in total. The van der Waals surface area contributed by atoms with E-state index in [0.29, 0.717) is 17.8 Å². The van der Waals surface area contributed by atoms with E-state index in [1.165, 1.54) is 54.3 Å². The third-order valence-electron chi connectivity index (χ3n) is 7.02. The number of imidazole rings is 1. The molecule has 0 bridgehead atoms. The molecule has 3 aromatic rings. The van der Waals surface area contributed by atoms with Crippen LogP contribution in [0, 0.1) is 10.7 Å². The zero-order valence-corrected chi connectivity index (χ0v) is 18.2. The highest BCUT2D eigenvalue weighted by atomic mass is 79.9. The van der Waals surface area contributed by atoms with Gasteiger partial charge in [-0.2, -0.15) is 0 Å². The number of H-pyrrole nitrogens is 1. The number of rotatable bonds is 2. The molecule has 1 unspecified atom stereocenters. The first kappa shape index (κ1) is 17.3. The molecule has 2 aliphatic carbocycles. The van der Waals surface area contributed by atoms with Crippen molar-refractivity contribution in [1.82, 2.24) is 14.1 Å². The monoisotopic (exact) mass is 457 g/mol. The summed E-state index contributed by atoms with van der Waals surface area (Å²) in [5.74, 6) is 0.979. The van der Waals surface area contributed by atoms with Crippen LogP contribution in [0.3, 0.4) is 0 Å². The van der Waals surface area contributed by atoms with E-state index in [-0.39, 0.29) is 6.04 Å². The highest BCUT2D eigenvalue weighted by molar-refractivity contribution is 9.10. The topological polar surface area (TPSA) is 45.9 Å². The largest absolute Gasteiger partial charge is 0.493 e. The van der Waals surface area contributed by atoms with Crippen molar-refractivity contribution in [2.75, 3.05) is 0 Å². The second kappa shape index (κ2) is 6.23. The molecule has 1 atom stereocenters. The molecule has 3 heterocycles. The van der Waals surface area contributed by atoms with Crippen LogP contribution in [0.4, 0.5) is 0 Å². The number of fused-ring (bicyclic) bond motifs is 4. The van der Waals surface area contributed by atoms with E-state index in [9.17, 15) is 5.11 Å². The van der Waals surface area contributed by atoms with Crippen molar-refractivity contribution in [1.29, 1.82) is 0 Å². The normalized spacial score (nSPS) is 22.4. The van der Waals surface area contributed by atoms with E-state index < -0.39 is 0 Å². The van der Waals surface area contributed by atoms with Crippen LogP contribution >= 0.6 is 28.1 Å². The van der Waals surface area contributed by atoms with Crippen LogP contribution in [0.15, 0.2) is 22.7 Å². The fourth-order valence-electron chi connectivity index (χ4n) is 5.56. The summed E-state index contributed by atoms with van der Waals surface area (Å²) >= 11 is 9.57. The van der Waals surface area contributed by atoms with Gasteiger partial charge in [0.1, 0.15) is 0 Å². The molecular formula is C22H24BrN3OS. The van der Waals surface area contributed by atoms with Gasteiger partial charge in [-0.05, 0) is 67.6 Å². The molecular weight excluding hydrogens is 434 g/mol. The Balaban J connectivity index is 1.61. The average molecular weight is 458 g/mol. The highest BCUT2D eigenvalue weighted by Crippen LogP contribution is 2.49. The predicted molar refractivity (Wildman–Crippen MR) is 117 cm³/mol. The lowest BCUT2D eigenvalue weighted by Gasteiger charge is -2.35. The molecule has 0 amide bonds. The summed E-state index contributed by atoms with van der Waals surface area (Å²) in [6, 6.07) is 7.06. The predicted octanol–water partition coefficient (Wildman–Crippen LogP) is 6.38. The summed E-state index contributed by atoms with van der Waals surface area (Å²) in [7, 11) is 0. The first-order chi connectivity index (χ1) is 13.6. The maximum Gasteiger partial charge on any atom is 0.214 e. The minimum absolute atomic E-state index is 0.212. The van der Waals surface area contributed by atoms with E-state index in [1.807, 2.05) is 4.57 Å². The van der Waals surface area contributed by atoms with Gasteiger partial charge >= 0.3 is 0 Å².